The van der Waals surface area contributed by atoms with Crippen LogP contribution in [0.5, 0.6) is 0 Å². The second kappa shape index (κ2) is 6.55. The summed E-state index contributed by atoms with van der Waals surface area (Å²) in [5.74, 6) is 3.63. The Balaban J connectivity index is 1.54. The molecular formula is C24H40O2Si. The maximum Gasteiger partial charge on any atom is 0.192 e. The summed E-state index contributed by atoms with van der Waals surface area (Å²) in [5.41, 5.74) is 1.88. The van der Waals surface area contributed by atoms with Gasteiger partial charge in [0.25, 0.3) is 0 Å². The molecule has 3 fully saturated rings. The molecule has 0 aromatic heterocycles. The van der Waals surface area contributed by atoms with E-state index < -0.39 is 8.32 Å². The van der Waals surface area contributed by atoms with Crippen LogP contribution >= 0.6 is 0 Å². The van der Waals surface area contributed by atoms with E-state index in [1.165, 1.54) is 44.1 Å². The van der Waals surface area contributed by atoms with Crippen LogP contribution in [0.1, 0.15) is 79.1 Å². The van der Waals surface area contributed by atoms with E-state index in [4.69, 9.17) is 4.43 Å². The van der Waals surface area contributed by atoms with Crippen molar-refractivity contribution >= 4 is 14.1 Å². The fraction of sp³-hybridized carbons (Fsp3) is 0.875. The molecule has 0 spiro atoms. The summed E-state index contributed by atoms with van der Waals surface area (Å²) in [5, 5.41) is 0.290. The van der Waals surface area contributed by atoms with E-state index in [9.17, 15) is 4.79 Å². The number of rotatable bonds is 2. The van der Waals surface area contributed by atoms with Crippen LogP contribution in [0.4, 0.5) is 0 Å². The molecule has 0 amide bonds. The highest BCUT2D eigenvalue weighted by Crippen LogP contribution is 2.63. The van der Waals surface area contributed by atoms with Crippen molar-refractivity contribution in [2.45, 2.75) is 103 Å². The normalized spacial score (nSPS) is 42.2. The molecule has 27 heavy (non-hydrogen) atoms. The summed E-state index contributed by atoms with van der Waals surface area (Å²) < 4.78 is 7.02. The molecule has 3 heteroatoms. The smallest absolute Gasteiger partial charge is 0.192 e. The van der Waals surface area contributed by atoms with E-state index in [2.05, 4.69) is 40.8 Å². The molecule has 0 aromatic carbocycles. The Morgan fingerprint density at radius 3 is 2.48 bits per heavy atom. The fourth-order valence-electron chi connectivity index (χ4n) is 6.86. The van der Waals surface area contributed by atoms with Crippen molar-refractivity contribution in [3.63, 3.8) is 0 Å². The molecule has 0 aromatic rings. The van der Waals surface area contributed by atoms with Gasteiger partial charge >= 0.3 is 0 Å². The van der Waals surface area contributed by atoms with Crippen molar-refractivity contribution in [1.82, 2.24) is 0 Å². The van der Waals surface area contributed by atoms with Gasteiger partial charge in [-0.2, -0.15) is 0 Å². The molecule has 0 N–H and O–H groups in total. The molecule has 4 aliphatic rings. The minimum atomic E-state index is -1.72. The first kappa shape index (κ1) is 19.9. The Bertz CT molecular complexity index is 643. The van der Waals surface area contributed by atoms with Crippen molar-refractivity contribution in [2.24, 2.45) is 29.1 Å². The molecule has 152 valence electrons. The van der Waals surface area contributed by atoms with E-state index in [1.54, 1.807) is 0 Å². The maximum absolute atomic E-state index is 11.9. The minimum absolute atomic E-state index is 0.290. The molecule has 4 rings (SSSR count). The van der Waals surface area contributed by atoms with E-state index in [-0.39, 0.29) is 5.04 Å². The van der Waals surface area contributed by atoms with Gasteiger partial charge in [0.1, 0.15) is 0 Å². The van der Waals surface area contributed by atoms with Gasteiger partial charge in [0.2, 0.25) is 0 Å². The lowest BCUT2D eigenvalue weighted by atomic mass is 9.52. The highest BCUT2D eigenvalue weighted by molar-refractivity contribution is 6.74. The molecule has 2 nitrogen and oxygen atoms in total. The Kier molecular flexibility index (Phi) is 4.83. The number of hydrogen-bond acceptors (Lipinski definition) is 2. The van der Waals surface area contributed by atoms with Gasteiger partial charge in [0.15, 0.2) is 14.1 Å². The first-order valence-electron chi connectivity index (χ1n) is 11.4. The van der Waals surface area contributed by atoms with Crippen LogP contribution in [-0.2, 0) is 9.22 Å². The SMILES string of the molecule is CC(C)(C)[Si](C)(C)OC1CC[C@H]2[C@@H]3CCC4=CC(=O)CC[C@@H]4[C@H]3CC[C@]12C. The molecule has 6 atom stereocenters. The van der Waals surface area contributed by atoms with Gasteiger partial charge in [-0.15, -0.1) is 0 Å². The van der Waals surface area contributed by atoms with Gasteiger partial charge in [0.05, 0.1) is 6.10 Å². The largest absolute Gasteiger partial charge is 0.413 e. The zero-order chi connectivity index (χ0) is 19.6. The predicted molar refractivity (Wildman–Crippen MR) is 114 cm³/mol. The molecule has 3 saturated carbocycles. The fourth-order valence-corrected chi connectivity index (χ4v) is 8.31. The highest BCUT2D eigenvalue weighted by atomic mass is 28.4. The van der Waals surface area contributed by atoms with Crippen molar-refractivity contribution in [3.8, 4) is 0 Å². The number of ketones is 1. The standard InChI is InChI=1S/C24H40O2Si/c1-23(2,3)27(5,6)26-22-12-11-21-20-9-7-16-15-17(25)8-10-18(16)19(20)13-14-24(21,22)4/h15,18-22H,7-14H2,1-6H3/t18-,19+,20+,21-,22?,24-/m0/s1. The van der Waals surface area contributed by atoms with Gasteiger partial charge in [0, 0.05) is 6.42 Å². The van der Waals surface area contributed by atoms with Gasteiger partial charge in [-0.3, -0.25) is 4.79 Å². The van der Waals surface area contributed by atoms with Crippen LogP contribution in [0.2, 0.25) is 18.1 Å². The third kappa shape index (κ3) is 3.21. The molecule has 0 saturated heterocycles. The van der Waals surface area contributed by atoms with Crippen LogP contribution in [0.25, 0.3) is 0 Å². The first-order valence-corrected chi connectivity index (χ1v) is 14.3. The first-order chi connectivity index (χ1) is 12.5. The van der Waals surface area contributed by atoms with E-state index in [0.717, 1.165) is 30.6 Å². The van der Waals surface area contributed by atoms with Crippen molar-refractivity contribution in [3.05, 3.63) is 11.6 Å². The van der Waals surface area contributed by atoms with Crippen LogP contribution in [0.15, 0.2) is 11.6 Å². The van der Waals surface area contributed by atoms with E-state index in [0.29, 0.717) is 23.2 Å². The average Bonchev–Trinajstić information content (AvgIpc) is 2.89. The van der Waals surface area contributed by atoms with Gasteiger partial charge < -0.3 is 4.43 Å². The number of hydrogen-bond donors (Lipinski definition) is 0. The summed E-state index contributed by atoms with van der Waals surface area (Å²) in [6, 6.07) is 0. The molecule has 0 aliphatic heterocycles. The van der Waals surface area contributed by atoms with Crippen LogP contribution in [0, 0.1) is 29.1 Å². The quantitative estimate of drug-likeness (QED) is 0.503. The zero-order valence-corrected chi connectivity index (χ0v) is 19.4. The third-order valence-electron chi connectivity index (χ3n) is 9.46. The van der Waals surface area contributed by atoms with Crippen molar-refractivity contribution in [2.75, 3.05) is 0 Å². The number of carbonyl (C=O) groups is 1. The predicted octanol–water partition coefficient (Wildman–Crippen LogP) is 6.52. The van der Waals surface area contributed by atoms with Crippen molar-refractivity contribution < 1.29 is 9.22 Å². The molecule has 0 heterocycles. The van der Waals surface area contributed by atoms with E-state index >= 15 is 0 Å². The van der Waals surface area contributed by atoms with Crippen LogP contribution < -0.4 is 0 Å². The second-order valence-corrected chi connectivity index (χ2v) is 16.5. The zero-order valence-electron chi connectivity index (χ0n) is 18.4. The maximum atomic E-state index is 11.9. The lowest BCUT2D eigenvalue weighted by Gasteiger charge is -2.54. The number of fused-ring (bicyclic) bond motifs is 5. The lowest BCUT2D eigenvalue weighted by Crippen LogP contribution is -2.52. The molecule has 0 radical (unpaired) electrons. The topological polar surface area (TPSA) is 26.3 Å². The summed E-state index contributed by atoms with van der Waals surface area (Å²) in [6.07, 6.45) is 12.2. The van der Waals surface area contributed by atoms with Crippen LogP contribution in [-0.4, -0.2) is 20.2 Å². The molecule has 4 aliphatic carbocycles. The Hall–Kier alpha value is -0.413. The Morgan fingerprint density at radius 2 is 1.78 bits per heavy atom. The van der Waals surface area contributed by atoms with Gasteiger partial charge in [-0.1, -0.05) is 33.3 Å². The average molecular weight is 389 g/mol. The highest BCUT2D eigenvalue weighted by Gasteiger charge is 2.58. The van der Waals surface area contributed by atoms with E-state index in [1.807, 2.05) is 6.08 Å². The second-order valence-electron chi connectivity index (χ2n) is 11.8. The third-order valence-corrected chi connectivity index (χ3v) is 13.9. The lowest BCUT2D eigenvalue weighted by molar-refractivity contribution is -0.116. The molecule has 0 bridgehead atoms. The Morgan fingerprint density at radius 1 is 1.04 bits per heavy atom. The number of carbonyl (C=O) groups excluding carboxylic acids is 1. The van der Waals surface area contributed by atoms with Gasteiger partial charge in [-0.05, 0) is 98.2 Å². The van der Waals surface area contributed by atoms with Crippen LogP contribution in [0.3, 0.4) is 0 Å². The molecular weight excluding hydrogens is 348 g/mol. The Labute approximate surface area is 167 Å². The minimum Gasteiger partial charge on any atom is -0.413 e. The summed E-state index contributed by atoms with van der Waals surface area (Å²) >= 11 is 0. The van der Waals surface area contributed by atoms with Gasteiger partial charge in [-0.25, -0.2) is 0 Å². The summed E-state index contributed by atoms with van der Waals surface area (Å²) in [7, 11) is -1.72. The monoisotopic (exact) mass is 388 g/mol. The number of allylic oxidation sites excluding steroid dienone is 1. The summed E-state index contributed by atoms with van der Waals surface area (Å²) in [6.45, 7) is 14.5. The molecule has 1 unspecified atom stereocenters. The van der Waals surface area contributed by atoms with Crippen molar-refractivity contribution in [1.29, 1.82) is 0 Å². The summed E-state index contributed by atoms with van der Waals surface area (Å²) in [4.78, 5) is 11.9.